The Morgan fingerprint density at radius 3 is 2.36 bits per heavy atom. The molecule has 4 nitrogen and oxygen atoms in total. The molecule has 0 aromatic heterocycles. The van der Waals surface area contributed by atoms with Crippen molar-refractivity contribution in [2.75, 3.05) is 20.1 Å². The number of carboxylic acids is 1. The lowest BCUT2D eigenvalue weighted by molar-refractivity contribution is -0.154. The number of rotatable bonds is 3. The number of carbonyl (C=O) groups is 1. The van der Waals surface area contributed by atoms with Gasteiger partial charge in [0, 0.05) is 0 Å². The number of aliphatic hydroxyl groups excluding tert-OH is 1. The molecule has 4 heteroatoms. The molecule has 0 bridgehead atoms. The highest BCUT2D eigenvalue weighted by molar-refractivity contribution is 5.74. The van der Waals surface area contributed by atoms with Gasteiger partial charge < -0.3 is 15.1 Å². The van der Waals surface area contributed by atoms with Gasteiger partial charge in [0.25, 0.3) is 0 Å². The molecule has 14 heavy (non-hydrogen) atoms. The number of hydrogen-bond donors (Lipinski definition) is 2. The van der Waals surface area contributed by atoms with Crippen LogP contribution in [0.15, 0.2) is 0 Å². The van der Waals surface area contributed by atoms with Gasteiger partial charge >= 0.3 is 5.97 Å². The first-order valence-electron chi connectivity index (χ1n) is 5.06. The van der Waals surface area contributed by atoms with Gasteiger partial charge in [0.15, 0.2) is 0 Å². The van der Waals surface area contributed by atoms with E-state index in [1.54, 1.807) is 6.92 Å². The lowest BCUT2D eigenvalue weighted by atomic mass is 9.74. The van der Waals surface area contributed by atoms with Gasteiger partial charge in [0.1, 0.15) is 0 Å². The Balaban J connectivity index is 2.68. The third kappa shape index (κ3) is 2.45. The van der Waals surface area contributed by atoms with E-state index in [9.17, 15) is 15.0 Å². The van der Waals surface area contributed by atoms with E-state index >= 15 is 0 Å². The van der Waals surface area contributed by atoms with Crippen molar-refractivity contribution in [2.45, 2.75) is 32.3 Å². The van der Waals surface area contributed by atoms with Crippen LogP contribution in [0.25, 0.3) is 0 Å². The molecule has 0 spiro atoms. The molecule has 1 fully saturated rings. The Morgan fingerprint density at radius 1 is 1.50 bits per heavy atom. The molecular formula is C10H19NO3. The maximum absolute atomic E-state index is 11.2. The van der Waals surface area contributed by atoms with Crippen molar-refractivity contribution in [3.63, 3.8) is 0 Å². The second kappa shape index (κ2) is 4.28. The maximum Gasteiger partial charge on any atom is 0.309 e. The number of likely N-dealkylation sites (tertiary alicyclic amines) is 1. The summed E-state index contributed by atoms with van der Waals surface area (Å²) in [5, 5.41) is 18.5. The fourth-order valence-corrected chi connectivity index (χ4v) is 2.12. The fourth-order valence-electron chi connectivity index (χ4n) is 2.12. The van der Waals surface area contributed by atoms with Crippen molar-refractivity contribution in [1.29, 1.82) is 0 Å². The first kappa shape index (κ1) is 11.5. The Hall–Kier alpha value is -0.610. The van der Waals surface area contributed by atoms with E-state index in [0.717, 1.165) is 13.1 Å². The number of aliphatic hydroxyl groups is 1. The maximum atomic E-state index is 11.2. The van der Waals surface area contributed by atoms with Crippen molar-refractivity contribution in [3.8, 4) is 0 Å². The Kier molecular flexibility index (Phi) is 3.50. The number of carboxylic acid groups (broad SMARTS) is 1. The number of aliphatic carboxylic acids is 1. The fraction of sp³-hybridized carbons (Fsp3) is 0.900. The van der Waals surface area contributed by atoms with E-state index in [4.69, 9.17) is 0 Å². The molecule has 1 atom stereocenters. The zero-order chi connectivity index (χ0) is 10.8. The Bertz CT molecular complexity index is 207. The average molecular weight is 201 g/mol. The van der Waals surface area contributed by atoms with Gasteiger partial charge in [-0.25, -0.2) is 0 Å². The van der Waals surface area contributed by atoms with Crippen molar-refractivity contribution in [2.24, 2.45) is 5.41 Å². The molecule has 0 amide bonds. The second-order valence-electron chi connectivity index (χ2n) is 4.44. The van der Waals surface area contributed by atoms with Crippen LogP contribution >= 0.6 is 0 Å². The zero-order valence-electron chi connectivity index (χ0n) is 8.86. The standard InChI is InChI=1S/C10H19NO3/c1-8(12)7-10(9(13)14)3-5-11(2)6-4-10/h8,12H,3-7H2,1-2H3,(H,13,14). The minimum atomic E-state index is -0.758. The van der Waals surface area contributed by atoms with Crippen LogP contribution in [0.3, 0.4) is 0 Å². The van der Waals surface area contributed by atoms with Crippen molar-refractivity contribution in [1.82, 2.24) is 4.90 Å². The van der Waals surface area contributed by atoms with Crippen LogP contribution in [-0.2, 0) is 4.79 Å². The van der Waals surface area contributed by atoms with Crippen LogP contribution in [0, 0.1) is 5.41 Å². The monoisotopic (exact) mass is 201 g/mol. The van der Waals surface area contributed by atoms with Gasteiger partial charge in [-0.2, -0.15) is 0 Å². The van der Waals surface area contributed by atoms with E-state index in [1.165, 1.54) is 0 Å². The molecule has 1 aliphatic heterocycles. The molecule has 1 aliphatic rings. The summed E-state index contributed by atoms with van der Waals surface area (Å²) < 4.78 is 0. The van der Waals surface area contributed by atoms with Crippen molar-refractivity contribution >= 4 is 5.97 Å². The summed E-state index contributed by atoms with van der Waals surface area (Å²) in [7, 11) is 1.99. The Labute approximate surface area is 84.5 Å². The number of piperidine rings is 1. The summed E-state index contributed by atoms with van der Waals surface area (Å²) in [5.74, 6) is -0.758. The van der Waals surface area contributed by atoms with E-state index in [1.807, 2.05) is 7.05 Å². The summed E-state index contributed by atoms with van der Waals surface area (Å²) in [6.45, 7) is 3.26. The van der Waals surface area contributed by atoms with Gasteiger partial charge in [-0.05, 0) is 46.3 Å². The summed E-state index contributed by atoms with van der Waals surface area (Å²) in [5.41, 5.74) is -0.694. The molecule has 1 heterocycles. The second-order valence-corrected chi connectivity index (χ2v) is 4.44. The molecule has 1 rings (SSSR count). The van der Waals surface area contributed by atoms with Crippen LogP contribution in [-0.4, -0.2) is 47.3 Å². The van der Waals surface area contributed by atoms with Crippen molar-refractivity contribution in [3.05, 3.63) is 0 Å². The van der Waals surface area contributed by atoms with Crippen molar-refractivity contribution < 1.29 is 15.0 Å². The molecule has 0 saturated carbocycles. The first-order valence-corrected chi connectivity index (χ1v) is 5.06. The molecule has 0 aromatic carbocycles. The molecule has 2 N–H and O–H groups in total. The average Bonchev–Trinajstić information content (AvgIpc) is 2.08. The molecule has 1 unspecified atom stereocenters. The molecule has 0 aromatic rings. The van der Waals surface area contributed by atoms with E-state index in [2.05, 4.69) is 4.90 Å². The highest BCUT2D eigenvalue weighted by atomic mass is 16.4. The van der Waals surface area contributed by atoms with Crippen LogP contribution in [0.5, 0.6) is 0 Å². The Morgan fingerprint density at radius 2 is 2.00 bits per heavy atom. The molecule has 0 radical (unpaired) electrons. The lowest BCUT2D eigenvalue weighted by Gasteiger charge is -2.38. The van der Waals surface area contributed by atoms with Gasteiger partial charge in [-0.1, -0.05) is 0 Å². The predicted octanol–water partition coefficient (Wildman–Crippen LogP) is 0.554. The predicted molar refractivity (Wildman–Crippen MR) is 53.1 cm³/mol. The third-order valence-electron chi connectivity index (χ3n) is 3.08. The molecule has 0 aliphatic carbocycles. The van der Waals surface area contributed by atoms with Crippen LogP contribution in [0.4, 0.5) is 0 Å². The summed E-state index contributed by atoms with van der Waals surface area (Å²) >= 11 is 0. The molecule has 82 valence electrons. The highest BCUT2D eigenvalue weighted by Crippen LogP contribution is 2.36. The highest BCUT2D eigenvalue weighted by Gasteiger charge is 2.41. The topological polar surface area (TPSA) is 60.8 Å². The van der Waals surface area contributed by atoms with Gasteiger partial charge in [0.2, 0.25) is 0 Å². The number of nitrogens with zero attached hydrogens (tertiary/aromatic N) is 1. The SMILES string of the molecule is CC(O)CC1(C(=O)O)CCN(C)CC1. The zero-order valence-corrected chi connectivity index (χ0v) is 8.86. The van der Waals surface area contributed by atoms with Crippen LogP contribution in [0.1, 0.15) is 26.2 Å². The van der Waals surface area contributed by atoms with Gasteiger partial charge in [0.05, 0.1) is 11.5 Å². The normalized spacial score (nSPS) is 24.5. The smallest absolute Gasteiger partial charge is 0.309 e. The van der Waals surface area contributed by atoms with Crippen LogP contribution < -0.4 is 0 Å². The molecule has 1 saturated heterocycles. The summed E-state index contributed by atoms with van der Waals surface area (Å²) in [6, 6.07) is 0. The van der Waals surface area contributed by atoms with E-state index in [0.29, 0.717) is 19.3 Å². The summed E-state index contributed by atoms with van der Waals surface area (Å²) in [4.78, 5) is 13.3. The lowest BCUT2D eigenvalue weighted by Crippen LogP contribution is -2.44. The van der Waals surface area contributed by atoms with Gasteiger partial charge in [-0.3, -0.25) is 4.79 Å². The van der Waals surface area contributed by atoms with Crippen LogP contribution in [0.2, 0.25) is 0 Å². The third-order valence-corrected chi connectivity index (χ3v) is 3.08. The minimum Gasteiger partial charge on any atom is -0.481 e. The summed E-state index contributed by atoms with van der Waals surface area (Å²) in [6.07, 6.45) is 1.12. The first-order chi connectivity index (χ1) is 6.46. The van der Waals surface area contributed by atoms with E-state index in [-0.39, 0.29) is 0 Å². The van der Waals surface area contributed by atoms with E-state index < -0.39 is 17.5 Å². The minimum absolute atomic E-state index is 0.371. The largest absolute Gasteiger partial charge is 0.481 e. The molecular weight excluding hydrogens is 182 g/mol. The van der Waals surface area contributed by atoms with Gasteiger partial charge in [-0.15, -0.1) is 0 Å². The quantitative estimate of drug-likeness (QED) is 0.700. The number of hydrogen-bond acceptors (Lipinski definition) is 3.